The summed E-state index contributed by atoms with van der Waals surface area (Å²) in [5, 5.41) is 42.2. The average Bonchev–Trinajstić information content (AvgIpc) is 3.87. The fraction of sp³-hybridized carbons (Fsp3) is 0.500. The van der Waals surface area contributed by atoms with Crippen molar-refractivity contribution in [2.45, 2.75) is 103 Å². The minimum atomic E-state index is -1.51. The third-order valence-electron chi connectivity index (χ3n) is 11.3. The summed E-state index contributed by atoms with van der Waals surface area (Å²) in [7, 11) is 0. The molecule has 1 saturated heterocycles. The summed E-state index contributed by atoms with van der Waals surface area (Å²) in [6.07, 6.45) is -3.02. The second-order valence-corrected chi connectivity index (χ2v) is 14.8. The fourth-order valence-corrected chi connectivity index (χ4v) is 7.84. The predicted molar refractivity (Wildman–Crippen MR) is 212 cm³/mol. The van der Waals surface area contributed by atoms with Crippen molar-refractivity contribution in [1.29, 1.82) is 0 Å². The van der Waals surface area contributed by atoms with Gasteiger partial charge in [-0.25, -0.2) is 4.98 Å². The van der Waals surface area contributed by atoms with E-state index in [0.717, 1.165) is 73.5 Å². The molecule has 0 unspecified atom stereocenters. The van der Waals surface area contributed by atoms with Gasteiger partial charge in [0.05, 0.1) is 37.8 Å². The van der Waals surface area contributed by atoms with Gasteiger partial charge in [-0.05, 0) is 92.6 Å². The van der Waals surface area contributed by atoms with Crippen LogP contribution in [0.1, 0.15) is 96.9 Å². The maximum absolute atomic E-state index is 13.1. The topological polar surface area (TPSA) is 195 Å². The van der Waals surface area contributed by atoms with Gasteiger partial charge in [0.25, 0.3) is 0 Å². The van der Waals surface area contributed by atoms with Crippen LogP contribution in [0.4, 0.5) is 0 Å². The molecule has 6 heterocycles. The maximum Gasteiger partial charge on any atom is 0.220 e. The number of aromatic nitrogens is 4. The Bertz CT molecular complexity index is 2100. The van der Waals surface area contributed by atoms with E-state index in [4.69, 9.17) is 24.2 Å². The molecule has 3 aromatic rings. The molecule has 55 heavy (non-hydrogen) atoms. The van der Waals surface area contributed by atoms with Crippen molar-refractivity contribution >= 4 is 45.2 Å². The molecule has 1 amide bonds. The van der Waals surface area contributed by atoms with Crippen LogP contribution >= 0.6 is 0 Å². The number of H-pyrrole nitrogens is 2. The van der Waals surface area contributed by atoms with Crippen molar-refractivity contribution < 1.29 is 39.4 Å². The number of carbonyl (C=O) groups is 1. The smallest absolute Gasteiger partial charge is 0.220 e. The summed E-state index contributed by atoms with van der Waals surface area (Å²) in [4.78, 5) is 30.7. The third kappa shape index (κ3) is 8.34. The molecule has 296 valence electrons. The molecular formula is C42H55N5O8. The van der Waals surface area contributed by atoms with Crippen LogP contribution in [0.3, 0.4) is 0 Å². The van der Waals surface area contributed by atoms with Gasteiger partial charge in [0.15, 0.2) is 6.29 Å². The number of aryl methyl sites for hydroxylation is 3. The van der Waals surface area contributed by atoms with Gasteiger partial charge < -0.3 is 49.9 Å². The molecular weight excluding hydrogens is 702 g/mol. The van der Waals surface area contributed by atoms with Crippen molar-refractivity contribution in [1.82, 2.24) is 25.3 Å². The zero-order chi connectivity index (χ0) is 39.6. The molecule has 0 radical (unpaired) electrons. The minimum Gasteiger partial charge on any atom is -0.394 e. The highest BCUT2D eigenvalue weighted by atomic mass is 16.7. The number of allylic oxidation sites excluding steroid dienone is 2. The number of fused-ring (bicyclic) bond motifs is 8. The Morgan fingerprint density at radius 3 is 2.38 bits per heavy atom. The lowest BCUT2D eigenvalue weighted by molar-refractivity contribution is -0.302. The molecule has 0 aliphatic carbocycles. The lowest BCUT2D eigenvalue weighted by Gasteiger charge is -2.39. The Labute approximate surface area is 321 Å². The number of hydrogen-bond donors (Lipinski definition) is 7. The van der Waals surface area contributed by atoms with E-state index < -0.39 is 37.3 Å². The molecule has 0 aromatic carbocycles. The molecule has 1 fully saturated rings. The maximum atomic E-state index is 13.1. The SMILES string of the molecule is C=Cc1c(C)c2cc3nc(c(C)c4cc(C)c(cc5nc(cc1[nH]2)C(C)=C5CC)[nH]4)[C@@H](CCC(=O)NCCOCCO[C@@H]1O[C@H](CO)[C@@H](O)[C@H](O)[C@H]1O)[C@@H]3C. The first-order valence-corrected chi connectivity index (χ1v) is 19.2. The molecule has 13 heteroatoms. The van der Waals surface area contributed by atoms with Gasteiger partial charge in [-0.3, -0.25) is 9.78 Å². The van der Waals surface area contributed by atoms with Crippen LogP contribution in [0, 0.1) is 20.8 Å². The van der Waals surface area contributed by atoms with E-state index >= 15 is 0 Å². The second-order valence-electron chi connectivity index (χ2n) is 14.8. The standard InChI is InChI=1S/C42H55N5O8/c1-8-26-23(5)32-19-35-27(9-2)22(4)31(45-35)18-33-24(6)28(38(47-33)25(7)30-16-21(3)29(44-30)17-34(26)46-32)10-11-37(49)43-12-13-53-14-15-54-42-41(52)40(51)39(50)36(20-48)55-42/h9,16-19,24,28,36,39-42,44-45,48,50-52H,2,8,10-15,20H2,1,3-7H3,(H,43,49)/t24-,28-,36+,39+,40-,41+,42+/m0/s1. The first-order valence-electron chi connectivity index (χ1n) is 19.2. The van der Waals surface area contributed by atoms with E-state index in [1.807, 2.05) is 6.08 Å². The Hall–Kier alpha value is -4.21. The molecule has 7 atom stereocenters. The van der Waals surface area contributed by atoms with E-state index in [1.54, 1.807) is 0 Å². The van der Waals surface area contributed by atoms with Crippen molar-refractivity contribution in [2.24, 2.45) is 0 Å². The van der Waals surface area contributed by atoms with Gasteiger partial charge in [-0.2, -0.15) is 0 Å². The summed E-state index contributed by atoms with van der Waals surface area (Å²) >= 11 is 0. The third-order valence-corrected chi connectivity index (χ3v) is 11.3. The van der Waals surface area contributed by atoms with Crippen LogP contribution in [0.25, 0.3) is 39.3 Å². The number of aliphatic hydroxyl groups is 4. The number of rotatable bonds is 13. The lowest BCUT2D eigenvalue weighted by atomic mass is 9.86. The van der Waals surface area contributed by atoms with Crippen molar-refractivity contribution in [2.75, 3.05) is 33.0 Å². The zero-order valence-corrected chi connectivity index (χ0v) is 32.6. The number of carbonyl (C=O) groups excluding carboxylic acids is 1. The number of aromatic amines is 2. The Morgan fingerprint density at radius 1 is 0.927 bits per heavy atom. The lowest BCUT2D eigenvalue weighted by Crippen LogP contribution is -2.59. The molecule has 0 spiro atoms. The molecule has 7 N–H and O–H groups in total. The van der Waals surface area contributed by atoms with E-state index in [0.29, 0.717) is 19.4 Å². The largest absolute Gasteiger partial charge is 0.394 e. The van der Waals surface area contributed by atoms with Gasteiger partial charge in [0.1, 0.15) is 24.4 Å². The summed E-state index contributed by atoms with van der Waals surface area (Å²) in [5.41, 5.74) is 14.4. The van der Waals surface area contributed by atoms with Gasteiger partial charge in [-0.1, -0.05) is 26.5 Å². The Morgan fingerprint density at radius 2 is 1.65 bits per heavy atom. The number of ether oxygens (including phenoxy) is 3. The van der Waals surface area contributed by atoms with Gasteiger partial charge in [0, 0.05) is 63.8 Å². The van der Waals surface area contributed by atoms with Crippen LogP contribution in [0.2, 0.25) is 0 Å². The quantitative estimate of drug-likeness (QED) is 0.119. The molecule has 0 saturated carbocycles. The molecule has 13 nitrogen and oxygen atoms in total. The number of amides is 1. The second kappa shape index (κ2) is 17.3. The van der Waals surface area contributed by atoms with Crippen molar-refractivity contribution in [3.63, 3.8) is 0 Å². The van der Waals surface area contributed by atoms with Crippen LogP contribution in [-0.2, 0) is 19.0 Å². The molecule has 3 aliphatic heterocycles. The fourth-order valence-electron chi connectivity index (χ4n) is 7.84. The van der Waals surface area contributed by atoms with E-state index in [2.05, 4.69) is 87.7 Å². The molecule has 3 aromatic heterocycles. The van der Waals surface area contributed by atoms with Crippen molar-refractivity contribution in [3.05, 3.63) is 75.9 Å². The zero-order valence-electron chi connectivity index (χ0n) is 32.6. The number of aliphatic hydroxyl groups excluding tert-OH is 4. The molecule has 3 aliphatic rings. The van der Waals surface area contributed by atoms with Crippen LogP contribution in [-0.4, -0.2) is 110 Å². The highest BCUT2D eigenvalue weighted by molar-refractivity contribution is 5.93. The number of nitrogens with zero attached hydrogens (tertiary/aromatic N) is 2. The summed E-state index contributed by atoms with van der Waals surface area (Å²) in [6, 6.07) is 8.56. The first kappa shape index (κ1) is 40.5. The first-order chi connectivity index (χ1) is 26.4. The summed E-state index contributed by atoms with van der Waals surface area (Å²) in [6.45, 7) is 17.1. The van der Waals surface area contributed by atoms with Gasteiger partial charge >= 0.3 is 0 Å². The highest BCUT2D eigenvalue weighted by Gasteiger charge is 2.44. The predicted octanol–water partition coefficient (Wildman–Crippen LogP) is 4.84. The highest BCUT2D eigenvalue weighted by Crippen LogP contribution is 2.42. The van der Waals surface area contributed by atoms with Crippen LogP contribution < -0.4 is 5.32 Å². The average molecular weight is 758 g/mol. The molecule has 6 rings (SSSR count). The van der Waals surface area contributed by atoms with Crippen LogP contribution in [0.15, 0.2) is 30.8 Å². The normalized spacial score (nSPS) is 24.0. The van der Waals surface area contributed by atoms with E-state index in [-0.39, 0.29) is 37.6 Å². The van der Waals surface area contributed by atoms with Gasteiger partial charge in [0.2, 0.25) is 5.91 Å². The Balaban J connectivity index is 1.17. The van der Waals surface area contributed by atoms with Crippen molar-refractivity contribution in [3.8, 4) is 0 Å². The summed E-state index contributed by atoms with van der Waals surface area (Å²) in [5.74, 6) is -0.0285. The van der Waals surface area contributed by atoms with Crippen LogP contribution in [0.5, 0.6) is 0 Å². The van der Waals surface area contributed by atoms with E-state index in [1.165, 1.54) is 11.1 Å². The number of nitrogens with one attached hydrogen (secondary N) is 3. The minimum absolute atomic E-state index is 0.00735. The Kier molecular flexibility index (Phi) is 12.7. The molecule has 8 bridgehead atoms. The summed E-state index contributed by atoms with van der Waals surface area (Å²) < 4.78 is 16.4. The monoisotopic (exact) mass is 757 g/mol. The van der Waals surface area contributed by atoms with E-state index in [9.17, 15) is 25.2 Å². The number of hydrogen-bond acceptors (Lipinski definition) is 10. The van der Waals surface area contributed by atoms with Gasteiger partial charge in [-0.15, -0.1) is 0 Å².